The predicted octanol–water partition coefficient (Wildman–Crippen LogP) is 3.98. The number of nitrogens with zero attached hydrogens (tertiary/aromatic N) is 4. The van der Waals surface area contributed by atoms with Gasteiger partial charge in [0.15, 0.2) is 0 Å². The summed E-state index contributed by atoms with van der Waals surface area (Å²) >= 11 is 0. The molecule has 6 heteroatoms. The maximum Gasteiger partial charge on any atom is 0.146 e. The van der Waals surface area contributed by atoms with Crippen LogP contribution in [0.1, 0.15) is 50.1 Å². The molecule has 3 fully saturated rings. The van der Waals surface area contributed by atoms with Gasteiger partial charge in [-0.1, -0.05) is 24.6 Å². The molecule has 6 nitrogen and oxygen atoms in total. The Bertz CT molecular complexity index is 1070. The summed E-state index contributed by atoms with van der Waals surface area (Å²) in [6.07, 6.45) is 11.7. The van der Waals surface area contributed by atoms with Crippen LogP contribution in [0.3, 0.4) is 0 Å². The third kappa shape index (κ3) is 3.62. The van der Waals surface area contributed by atoms with Gasteiger partial charge in [0.25, 0.3) is 0 Å². The Morgan fingerprint density at radius 1 is 1.10 bits per heavy atom. The first-order valence-corrected chi connectivity index (χ1v) is 11.9. The van der Waals surface area contributed by atoms with Crippen LogP contribution in [0, 0.1) is 5.92 Å². The summed E-state index contributed by atoms with van der Waals surface area (Å²) in [7, 11) is 0. The standard InChI is InChI=1S/C25H32N6/c26-24-23-22(19-5-1-4-17(10-19)13-27-20-6-2-7-20)15-31(25(23)29-16-28-24)21-11-18(12-21)14-30-8-3-9-30/h1,4-5,10,15-16,18,20-21,27H,2-3,6-9,11-14H2,(H2,26,28,29). The second-order valence-electron chi connectivity index (χ2n) is 9.76. The molecule has 1 aliphatic heterocycles. The molecular weight excluding hydrogens is 384 g/mol. The highest BCUT2D eigenvalue weighted by molar-refractivity contribution is 6.00. The fourth-order valence-corrected chi connectivity index (χ4v) is 5.34. The summed E-state index contributed by atoms with van der Waals surface area (Å²) < 4.78 is 2.37. The molecule has 2 saturated carbocycles. The van der Waals surface area contributed by atoms with Crippen LogP contribution in [-0.4, -0.2) is 45.1 Å². The van der Waals surface area contributed by atoms with Crippen molar-refractivity contribution in [3.63, 3.8) is 0 Å². The lowest BCUT2D eigenvalue weighted by molar-refractivity contribution is 0.0921. The van der Waals surface area contributed by atoms with E-state index in [2.05, 4.69) is 55.2 Å². The Labute approximate surface area is 183 Å². The van der Waals surface area contributed by atoms with E-state index in [1.165, 1.54) is 69.3 Å². The van der Waals surface area contributed by atoms with Gasteiger partial charge in [0.05, 0.1) is 5.39 Å². The Morgan fingerprint density at radius 2 is 1.97 bits per heavy atom. The van der Waals surface area contributed by atoms with Crippen molar-refractivity contribution in [2.45, 2.75) is 57.2 Å². The molecule has 3 heterocycles. The van der Waals surface area contributed by atoms with Gasteiger partial charge >= 0.3 is 0 Å². The molecule has 3 aliphatic rings. The lowest BCUT2D eigenvalue weighted by Gasteiger charge is -2.42. The number of hydrogen-bond donors (Lipinski definition) is 2. The van der Waals surface area contributed by atoms with Crippen LogP contribution in [0.4, 0.5) is 5.82 Å². The van der Waals surface area contributed by atoms with Gasteiger partial charge in [-0.05, 0) is 68.3 Å². The number of nitrogens with one attached hydrogen (secondary N) is 1. The largest absolute Gasteiger partial charge is 0.383 e. The maximum atomic E-state index is 6.36. The molecule has 0 bridgehead atoms. The van der Waals surface area contributed by atoms with Crippen LogP contribution < -0.4 is 11.1 Å². The Kier molecular flexibility index (Phi) is 4.92. The molecule has 2 aromatic heterocycles. The van der Waals surface area contributed by atoms with E-state index in [1.54, 1.807) is 6.33 Å². The second-order valence-corrected chi connectivity index (χ2v) is 9.76. The average Bonchev–Trinajstić information content (AvgIpc) is 3.05. The zero-order valence-corrected chi connectivity index (χ0v) is 18.1. The smallest absolute Gasteiger partial charge is 0.146 e. The molecule has 3 aromatic rings. The van der Waals surface area contributed by atoms with Crippen molar-refractivity contribution in [3.05, 3.63) is 42.4 Å². The van der Waals surface area contributed by atoms with Gasteiger partial charge in [-0.25, -0.2) is 9.97 Å². The summed E-state index contributed by atoms with van der Waals surface area (Å²) in [5.74, 6) is 1.39. The van der Waals surface area contributed by atoms with Gasteiger partial charge < -0.3 is 20.5 Å². The number of benzene rings is 1. The van der Waals surface area contributed by atoms with Crippen LogP contribution in [0.5, 0.6) is 0 Å². The van der Waals surface area contributed by atoms with E-state index in [0.29, 0.717) is 17.9 Å². The minimum Gasteiger partial charge on any atom is -0.383 e. The SMILES string of the molecule is Nc1ncnc2c1c(-c1cccc(CNC3CCC3)c1)cn2C1CC(CN2CCC2)C1. The molecule has 0 radical (unpaired) electrons. The first kappa shape index (κ1) is 19.3. The van der Waals surface area contributed by atoms with Gasteiger partial charge in [0.2, 0.25) is 0 Å². The van der Waals surface area contributed by atoms with Gasteiger partial charge in [-0.3, -0.25) is 0 Å². The molecular formula is C25H32N6. The van der Waals surface area contributed by atoms with Crippen molar-refractivity contribution in [2.75, 3.05) is 25.4 Å². The highest BCUT2D eigenvalue weighted by atomic mass is 15.2. The number of likely N-dealkylation sites (tertiary alicyclic amines) is 1. The van der Waals surface area contributed by atoms with E-state index < -0.39 is 0 Å². The van der Waals surface area contributed by atoms with Crippen LogP contribution in [-0.2, 0) is 6.54 Å². The molecule has 1 saturated heterocycles. The summed E-state index contributed by atoms with van der Waals surface area (Å²) in [6, 6.07) is 10.1. The maximum absolute atomic E-state index is 6.36. The molecule has 1 aromatic carbocycles. The highest BCUT2D eigenvalue weighted by Crippen LogP contribution is 2.43. The lowest BCUT2D eigenvalue weighted by Crippen LogP contribution is -2.43. The summed E-state index contributed by atoms with van der Waals surface area (Å²) in [4.78, 5) is 11.6. The van der Waals surface area contributed by atoms with Crippen LogP contribution in [0.25, 0.3) is 22.2 Å². The van der Waals surface area contributed by atoms with Gasteiger partial charge in [-0.2, -0.15) is 0 Å². The fraction of sp³-hybridized carbons (Fsp3) is 0.520. The van der Waals surface area contributed by atoms with E-state index in [0.717, 1.165) is 29.1 Å². The van der Waals surface area contributed by atoms with E-state index >= 15 is 0 Å². The molecule has 2 aliphatic carbocycles. The average molecular weight is 417 g/mol. The van der Waals surface area contributed by atoms with Crippen molar-refractivity contribution in [3.8, 4) is 11.1 Å². The zero-order valence-electron chi connectivity index (χ0n) is 18.1. The quantitative estimate of drug-likeness (QED) is 0.610. The third-order valence-corrected chi connectivity index (χ3v) is 7.65. The van der Waals surface area contributed by atoms with E-state index in [9.17, 15) is 0 Å². The normalized spacial score (nSPS) is 24.0. The van der Waals surface area contributed by atoms with Crippen molar-refractivity contribution >= 4 is 16.9 Å². The van der Waals surface area contributed by atoms with Crippen molar-refractivity contribution in [1.82, 2.24) is 24.8 Å². The van der Waals surface area contributed by atoms with Crippen molar-refractivity contribution < 1.29 is 0 Å². The first-order chi connectivity index (χ1) is 15.2. The molecule has 0 unspecified atom stereocenters. The number of hydrogen-bond acceptors (Lipinski definition) is 5. The monoisotopic (exact) mass is 416 g/mol. The van der Waals surface area contributed by atoms with Crippen LogP contribution in [0.2, 0.25) is 0 Å². The summed E-state index contributed by atoms with van der Waals surface area (Å²) in [5, 5.41) is 4.67. The number of aromatic nitrogens is 3. The predicted molar refractivity (Wildman–Crippen MR) is 125 cm³/mol. The third-order valence-electron chi connectivity index (χ3n) is 7.65. The zero-order chi connectivity index (χ0) is 20.8. The minimum atomic E-state index is 0.514. The van der Waals surface area contributed by atoms with Crippen molar-refractivity contribution in [1.29, 1.82) is 0 Å². The Morgan fingerprint density at radius 3 is 2.71 bits per heavy atom. The number of nitrogens with two attached hydrogens (primary N) is 1. The molecule has 3 N–H and O–H groups in total. The van der Waals surface area contributed by atoms with Gasteiger partial charge in [0.1, 0.15) is 17.8 Å². The number of anilines is 1. The first-order valence-electron chi connectivity index (χ1n) is 11.9. The molecule has 6 rings (SSSR count). The number of rotatable bonds is 7. The van der Waals surface area contributed by atoms with Gasteiger partial charge in [0, 0.05) is 36.9 Å². The lowest BCUT2D eigenvalue weighted by atomic mass is 9.79. The van der Waals surface area contributed by atoms with E-state index in [-0.39, 0.29) is 0 Å². The highest BCUT2D eigenvalue weighted by Gasteiger charge is 2.34. The Hall–Kier alpha value is -2.44. The van der Waals surface area contributed by atoms with Crippen LogP contribution in [0.15, 0.2) is 36.8 Å². The summed E-state index contributed by atoms with van der Waals surface area (Å²) in [6.45, 7) is 4.75. The fourth-order valence-electron chi connectivity index (χ4n) is 5.34. The Balaban J connectivity index is 1.27. The molecule has 31 heavy (non-hydrogen) atoms. The molecule has 162 valence electrons. The number of fused-ring (bicyclic) bond motifs is 1. The van der Waals surface area contributed by atoms with Gasteiger partial charge in [-0.15, -0.1) is 0 Å². The van der Waals surface area contributed by atoms with E-state index in [1.807, 2.05) is 0 Å². The minimum absolute atomic E-state index is 0.514. The summed E-state index contributed by atoms with van der Waals surface area (Å²) in [5.41, 5.74) is 11.0. The van der Waals surface area contributed by atoms with Crippen molar-refractivity contribution in [2.24, 2.45) is 5.92 Å². The number of nitrogen functional groups attached to an aromatic ring is 1. The van der Waals surface area contributed by atoms with E-state index in [4.69, 9.17) is 5.73 Å². The molecule has 0 spiro atoms. The molecule has 0 amide bonds. The second kappa shape index (κ2) is 7.92. The molecule has 0 atom stereocenters. The topological polar surface area (TPSA) is 72.0 Å². The van der Waals surface area contributed by atoms with Crippen LogP contribution >= 0.6 is 0 Å².